The third-order valence-corrected chi connectivity index (χ3v) is 3.12. The molecule has 2 amide bonds. The van der Waals surface area contributed by atoms with E-state index in [1.807, 2.05) is 6.07 Å². The Morgan fingerprint density at radius 2 is 2.30 bits per heavy atom. The van der Waals surface area contributed by atoms with E-state index in [9.17, 15) is 9.59 Å². The maximum atomic E-state index is 11.7. The van der Waals surface area contributed by atoms with Gasteiger partial charge in [-0.1, -0.05) is 0 Å². The molecule has 1 aromatic carbocycles. The molecular formula is C14H15N3O3. The number of fused-ring (bicyclic) bond motifs is 1. The number of hydrogen-bond donors (Lipinski definition) is 1. The highest BCUT2D eigenvalue weighted by molar-refractivity contribution is 5.93. The number of ether oxygens (including phenoxy) is 1. The number of benzene rings is 1. The van der Waals surface area contributed by atoms with E-state index in [2.05, 4.69) is 5.32 Å². The van der Waals surface area contributed by atoms with Gasteiger partial charge in [-0.2, -0.15) is 5.26 Å². The van der Waals surface area contributed by atoms with Crippen LogP contribution in [-0.2, 0) is 16.0 Å². The molecule has 1 aliphatic heterocycles. The highest BCUT2D eigenvalue weighted by atomic mass is 16.5. The predicted molar refractivity (Wildman–Crippen MR) is 73.4 cm³/mol. The molecular weight excluding hydrogens is 258 g/mol. The number of amides is 2. The topological polar surface area (TPSA) is 82.4 Å². The largest absolute Gasteiger partial charge is 0.452 e. The van der Waals surface area contributed by atoms with E-state index in [-0.39, 0.29) is 18.4 Å². The van der Waals surface area contributed by atoms with Gasteiger partial charge in [-0.05, 0) is 36.6 Å². The number of carbonyl (C=O) groups is 2. The fourth-order valence-electron chi connectivity index (χ4n) is 2.25. The van der Waals surface area contributed by atoms with E-state index < -0.39 is 0 Å². The fraction of sp³-hybridized carbons (Fsp3) is 0.357. The highest BCUT2D eigenvalue weighted by Gasteiger charge is 2.23. The third kappa shape index (κ3) is 2.88. The molecule has 0 saturated carbocycles. The number of carbonyl (C=O) groups excluding carboxylic acids is 2. The molecule has 1 heterocycles. The van der Waals surface area contributed by atoms with Gasteiger partial charge in [0.1, 0.15) is 6.42 Å². The smallest absolute Gasteiger partial charge is 0.414 e. The zero-order valence-corrected chi connectivity index (χ0v) is 11.2. The Morgan fingerprint density at radius 1 is 1.50 bits per heavy atom. The first-order valence-corrected chi connectivity index (χ1v) is 6.31. The second kappa shape index (κ2) is 6.06. The van der Waals surface area contributed by atoms with Crippen molar-refractivity contribution in [2.24, 2.45) is 0 Å². The molecule has 6 heteroatoms. The minimum absolute atomic E-state index is 0.175. The second-order valence-electron chi connectivity index (χ2n) is 4.45. The predicted octanol–water partition coefficient (Wildman–Crippen LogP) is 2.06. The number of methoxy groups -OCH3 is 1. The van der Waals surface area contributed by atoms with Crippen molar-refractivity contribution in [2.45, 2.75) is 19.3 Å². The number of aryl methyl sites for hydroxylation is 1. The summed E-state index contributed by atoms with van der Waals surface area (Å²) in [5.74, 6) is -0.340. The summed E-state index contributed by atoms with van der Waals surface area (Å²) in [6.45, 7) is 0.625. The molecule has 6 nitrogen and oxygen atoms in total. The molecule has 0 fully saturated rings. The summed E-state index contributed by atoms with van der Waals surface area (Å²) in [5, 5.41) is 11.1. The minimum atomic E-state index is -0.382. The van der Waals surface area contributed by atoms with Gasteiger partial charge in [-0.15, -0.1) is 0 Å². The van der Waals surface area contributed by atoms with Gasteiger partial charge in [0.25, 0.3) is 0 Å². The summed E-state index contributed by atoms with van der Waals surface area (Å²) in [4.78, 5) is 24.6. The standard InChI is InChI=1S/C14H15N3O3/c1-20-14(19)17-8-2-3-10-9-11(4-5-12(10)17)16-13(18)6-7-15/h4-5,9H,2-3,6,8H2,1H3,(H,16,18). The van der Waals surface area contributed by atoms with Gasteiger partial charge < -0.3 is 10.1 Å². The van der Waals surface area contributed by atoms with Crippen molar-refractivity contribution in [3.05, 3.63) is 23.8 Å². The van der Waals surface area contributed by atoms with Crippen LogP contribution in [0.15, 0.2) is 18.2 Å². The van der Waals surface area contributed by atoms with Crippen LogP contribution in [0.5, 0.6) is 0 Å². The van der Waals surface area contributed by atoms with Crippen LogP contribution in [0.2, 0.25) is 0 Å². The van der Waals surface area contributed by atoms with Crippen molar-refractivity contribution in [3.8, 4) is 6.07 Å². The van der Waals surface area contributed by atoms with Gasteiger partial charge in [0.2, 0.25) is 5.91 Å². The normalized spacial score (nSPS) is 13.1. The Hall–Kier alpha value is -2.55. The van der Waals surface area contributed by atoms with E-state index in [4.69, 9.17) is 10.00 Å². The number of hydrogen-bond acceptors (Lipinski definition) is 4. The molecule has 0 radical (unpaired) electrons. The molecule has 0 atom stereocenters. The highest BCUT2D eigenvalue weighted by Crippen LogP contribution is 2.30. The molecule has 1 aliphatic rings. The molecule has 2 rings (SSSR count). The Labute approximate surface area is 116 Å². The quantitative estimate of drug-likeness (QED) is 0.894. The van der Waals surface area contributed by atoms with E-state index >= 15 is 0 Å². The minimum Gasteiger partial charge on any atom is -0.452 e. The summed E-state index contributed by atoms with van der Waals surface area (Å²) < 4.78 is 4.75. The van der Waals surface area contributed by atoms with Crippen molar-refractivity contribution in [1.82, 2.24) is 0 Å². The molecule has 104 valence electrons. The summed E-state index contributed by atoms with van der Waals surface area (Å²) in [5.41, 5.74) is 2.42. The summed E-state index contributed by atoms with van der Waals surface area (Å²) in [6.07, 6.45) is 1.13. The van der Waals surface area contributed by atoms with Crippen LogP contribution >= 0.6 is 0 Å². The van der Waals surface area contributed by atoms with Crippen molar-refractivity contribution < 1.29 is 14.3 Å². The molecule has 0 bridgehead atoms. The molecule has 0 aromatic heterocycles. The zero-order valence-electron chi connectivity index (χ0n) is 11.2. The monoisotopic (exact) mass is 273 g/mol. The van der Waals surface area contributed by atoms with Gasteiger partial charge in [-0.3, -0.25) is 9.69 Å². The maximum absolute atomic E-state index is 11.7. The maximum Gasteiger partial charge on any atom is 0.414 e. The zero-order chi connectivity index (χ0) is 14.5. The van der Waals surface area contributed by atoms with Gasteiger partial charge in [-0.25, -0.2) is 4.79 Å². The fourth-order valence-corrected chi connectivity index (χ4v) is 2.25. The molecule has 1 N–H and O–H groups in total. The molecule has 0 saturated heterocycles. The first-order chi connectivity index (χ1) is 9.65. The Kier molecular flexibility index (Phi) is 4.20. The van der Waals surface area contributed by atoms with Crippen molar-refractivity contribution in [3.63, 3.8) is 0 Å². The lowest BCUT2D eigenvalue weighted by atomic mass is 10.0. The molecule has 0 unspecified atom stereocenters. The summed E-state index contributed by atoms with van der Waals surface area (Å²) in [7, 11) is 1.35. The summed E-state index contributed by atoms with van der Waals surface area (Å²) >= 11 is 0. The lowest BCUT2D eigenvalue weighted by Crippen LogP contribution is -2.35. The van der Waals surface area contributed by atoms with Gasteiger partial charge in [0.15, 0.2) is 0 Å². The lowest BCUT2D eigenvalue weighted by molar-refractivity contribution is -0.115. The van der Waals surface area contributed by atoms with Crippen molar-refractivity contribution in [2.75, 3.05) is 23.9 Å². The SMILES string of the molecule is COC(=O)N1CCCc2cc(NC(=O)CC#N)ccc21. The van der Waals surface area contributed by atoms with Gasteiger partial charge in [0, 0.05) is 12.2 Å². The van der Waals surface area contributed by atoms with Crippen LogP contribution in [-0.4, -0.2) is 25.7 Å². The van der Waals surface area contributed by atoms with Crippen LogP contribution in [0.1, 0.15) is 18.4 Å². The number of rotatable bonds is 2. The lowest BCUT2D eigenvalue weighted by Gasteiger charge is -2.28. The Bertz CT molecular complexity index is 578. The van der Waals surface area contributed by atoms with Crippen LogP contribution in [0.3, 0.4) is 0 Å². The van der Waals surface area contributed by atoms with Crippen LogP contribution in [0.4, 0.5) is 16.2 Å². The molecule has 1 aromatic rings. The van der Waals surface area contributed by atoms with Gasteiger partial charge in [0.05, 0.1) is 18.9 Å². The number of nitrogens with one attached hydrogen (secondary N) is 1. The van der Waals surface area contributed by atoms with Crippen LogP contribution in [0, 0.1) is 11.3 Å². The first-order valence-electron chi connectivity index (χ1n) is 6.31. The second-order valence-corrected chi connectivity index (χ2v) is 4.45. The number of nitrogens with zero attached hydrogens (tertiary/aromatic N) is 2. The van der Waals surface area contributed by atoms with E-state index in [1.165, 1.54) is 7.11 Å². The van der Waals surface area contributed by atoms with Crippen molar-refractivity contribution in [1.29, 1.82) is 5.26 Å². The number of anilines is 2. The number of nitriles is 1. The Balaban J connectivity index is 2.21. The third-order valence-electron chi connectivity index (χ3n) is 3.12. The average molecular weight is 273 g/mol. The van der Waals surface area contributed by atoms with E-state index in [0.29, 0.717) is 12.2 Å². The van der Waals surface area contributed by atoms with Crippen LogP contribution in [0.25, 0.3) is 0 Å². The van der Waals surface area contributed by atoms with Crippen molar-refractivity contribution >= 4 is 23.4 Å². The average Bonchev–Trinajstić information content (AvgIpc) is 2.45. The molecule has 20 heavy (non-hydrogen) atoms. The van der Waals surface area contributed by atoms with E-state index in [0.717, 1.165) is 24.1 Å². The van der Waals surface area contributed by atoms with Crippen LogP contribution < -0.4 is 10.2 Å². The molecule has 0 aliphatic carbocycles. The molecule has 0 spiro atoms. The van der Waals surface area contributed by atoms with Gasteiger partial charge >= 0.3 is 6.09 Å². The summed E-state index contributed by atoms with van der Waals surface area (Å²) in [6, 6.07) is 7.13. The van der Waals surface area contributed by atoms with E-state index in [1.54, 1.807) is 23.1 Å². The first kappa shape index (κ1) is 13.9. The Morgan fingerprint density at radius 3 is 3.00 bits per heavy atom.